The van der Waals surface area contributed by atoms with Crippen molar-refractivity contribution >= 4 is 11.4 Å². The van der Waals surface area contributed by atoms with Crippen molar-refractivity contribution in [1.82, 2.24) is 0 Å². The van der Waals surface area contributed by atoms with Gasteiger partial charge in [-0.3, -0.25) is 0 Å². The van der Waals surface area contributed by atoms with Gasteiger partial charge in [0.1, 0.15) is 6.23 Å². The van der Waals surface area contributed by atoms with Gasteiger partial charge < -0.3 is 10.0 Å². The molecule has 0 aromatic heterocycles. The van der Waals surface area contributed by atoms with Crippen LogP contribution in [0.3, 0.4) is 0 Å². The van der Waals surface area contributed by atoms with Crippen molar-refractivity contribution in [2.24, 2.45) is 0 Å². The van der Waals surface area contributed by atoms with E-state index >= 15 is 0 Å². The van der Waals surface area contributed by atoms with Crippen LogP contribution < -0.4 is 4.90 Å². The van der Waals surface area contributed by atoms with Crippen LogP contribution in [0.25, 0.3) is 4.98 Å². The molecule has 0 saturated heterocycles. The van der Waals surface area contributed by atoms with Crippen molar-refractivity contribution in [1.29, 1.82) is 5.39 Å². The maximum atomic E-state index is 9.54. The maximum Gasteiger partial charge on any atom is 0.388 e. The number of hydrogen-bond donors (Lipinski definition) is 1. The van der Waals surface area contributed by atoms with Gasteiger partial charge in [0.25, 0.3) is 0 Å². The predicted molar refractivity (Wildman–Crippen MR) is 60.6 cm³/mol. The molecule has 0 aliphatic rings. The summed E-state index contributed by atoms with van der Waals surface area (Å²) in [4.78, 5) is 5.02. The van der Waals surface area contributed by atoms with E-state index in [1.54, 1.807) is 13.0 Å². The molecule has 1 atom stereocenters. The number of nitrogens with zero attached hydrogens (tertiary/aromatic N) is 3. The van der Waals surface area contributed by atoms with E-state index in [9.17, 15) is 5.11 Å². The molecule has 0 spiro atoms. The lowest BCUT2D eigenvalue weighted by Crippen LogP contribution is -2.32. The molecule has 4 nitrogen and oxygen atoms in total. The molecule has 0 aliphatic heterocycles. The van der Waals surface area contributed by atoms with Gasteiger partial charge in [0.2, 0.25) is 5.39 Å². The summed E-state index contributed by atoms with van der Waals surface area (Å²) < 4.78 is 0. The Hall–Kier alpha value is -1.60. The van der Waals surface area contributed by atoms with E-state index in [0.29, 0.717) is 5.69 Å². The molecular formula is C11H16N3O+. The summed E-state index contributed by atoms with van der Waals surface area (Å²) >= 11 is 0. The summed E-state index contributed by atoms with van der Waals surface area (Å²) in [5.74, 6) is 0. The number of anilines is 1. The van der Waals surface area contributed by atoms with Gasteiger partial charge >= 0.3 is 5.69 Å². The first-order valence-electron chi connectivity index (χ1n) is 5.00. The Bertz CT molecular complexity index is 382. The zero-order valence-corrected chi connectivity index (χ0v) is 9.31. The van der Waals surface area contributed by atoms with Crippen LogP contribution in [-0.4, -0.2) is 17.9 Å². The third-order valence-corrected chi connectivity index (χ3v) is 2.41. The van der Waals surface area contributed by atoms with Crippen molar-refractivity contribution < 1.29 is 5.11 Å². The fourth-order valence-electron chi connectivity index (χ4n) is 1.59. The van der Waals surface area contributed by atoms with Crippen LogP contribution in [0.1, 0.15) is 19.4 Å². The number of aliphatic hydroxyl groups excluding tert-OH is 1. The highest BCUT2D eigenvalue weighted by molar-refractivity contribution is 5.60. The van der Waals surface area contributed by atoms with Crippen LogP contribution in [0.5, 0.6) is 0 Å². The second kappa shape index (κ2) is 4.76. The minimum Gasteiger partial charge on any atom is -0.374 e. The molecule has 15 heavy (non-hydrogen) atoms. The van der Waals surface area contributed by atoms with E-state index in [4.69, 9.17) is 5.39 Å². The van der Waals surface area contributed by atoms with Crippen molar-refractivity contribution in [2.45, 2.75) is 27.0 Å². The van der Waals surface area contributed by atoms with E-state index in [1.807, 2.05) is 30.9 Å². The highest BCUT2D eigenvalue weighted by Gasteiger charge is 2.14. The number of aliphatic hydroxyl groups is 1. The molecule has 80 valence electrons. The molecule has 0 heterocycles. The van der Waals surface area contributed by atoms with E-state index in [1.165, 1.54) is 0 Å². The fraction of sp³-hybridized carbons (Fsp3) is 0.455. The molecule has 1 aromatic carbocycles. The number of hydrogen-bond acceptors (Lipinski definition) is 3. The Labute approximate surface area is 89.8 Å². The molecule has 0 radical (unpaired) electrons. The molecule has 0 amide bonds. The first-order valence-corrected chi connectivity index (χ1v) is 5.00. The van der Waals surface area contributed by atoms with Gasteiger partial charge in [-0.15, -0.1) is 0 Å². The first kappa shape index (κ1) is 11.5. The molecule has 0 fully saturated rings. The Balaban J connectivity index is 3.06. The van der Waals surface area contributed by atoms with Crippen LogP contribution >= 0.6 is 0 Å². The van der Waals surface area contributed by atoms with Gasteiger partial charge in [-0.2, -0.15) is 0 Å². The third-order valence-electron chi connectivity index (χ3n) is 2.41. The average molecular weight is 206 g/mol. The number of benzene rings is 1. The highest BCUT2D eigenvalue weighted by Crippen LogP contribution is 2.25. The molecule has 0 aliphatic carbocycles. The van der Waals surface area contributed by atoms with Gasteiger partial charge in [-0.25, -0.2) is 0 Å². The molecular weight excluding hydrogens is 190 g/mol. The number of diazo groups is 1. The van der Waals surface area contributed by atoms with Gasteiger partial charge in [-0.1, -0.05) is 0 Å². The van der Waals surface area contributed by atoms with Crippen LogP contribution in [0.15, 0.2) is 18.2 Å². The van der Waals surface area contributed by atoms with Gasteiger partial charge in [-0.05, 0) is 32.9 Å². The smallest absolute Gasteiger partial charge is 0.374 e. The lowest BCUT2D eigenvalue weighted by molar-refractivity contribution is 0.190. The molecule has 1 N–H and O–H groups in total. The van der Waals surface area contributed by atoms with Crippen LogP contribution in [-0.2, 0) is 0 Å². The van der Waals surface area contributed by atoms with Crippen molar-refractivity contribution in [2.75, 3.05) is 11.4 Å². The monoisotopic (exact) mass is 206 g/mol. The van der Waals surface area contributed by atoms with Crippen molar-refractivity contribution in [3.63, 3.8) is 0 Å². The third kappa shape index (κ3) is 2.45. The van der Waals surface area contributed by atoms with E-state index in [0.717, 1.165) is 17.8 Å². The predicted octanol–water partition coefficient (Wildman–Crippen LogP) is 2.64. The Morgan fingerprint density at radius 2 is 2.20 bits per heavy atom. The van der Waals surface area contributed by atoms with Gasteiger partial charge in [0, 0.05) is 23.9 Å². The summed E-state index contributed by atoms with van der Waals surface area (Å²) in [6, 6.07) is 5.46. The second-order valence-corrected chi connectivity index (χ2v) is 3.49. The molecule has 1 unspecified atom stereocenters. The largest absolute Gasteiger partial charge is 0.388 e. The molecule has 4 heteroatoms. The van der Waals surface area contributed by atoms with Gasteiger partial charge in [0.15, 0.2) is 4.98 Å². The zero-order valence-electron chi connectivity index (χ0n) is 9.31. The lowest BCUT2D eigenvalue weighted by atomic mass is 10.1. The quantitative estimate of drug-likeness (QED) is 0.611. The van der Waals surface area contributed by atoms with E-state index in [2.05, 4.69) is 4.98 Å². The van der Waals surface area contributed by atoms with Crippen LogP contribution in [0, 0.1) is 12.3 Å². The summed E-state index contributed by atoms with van der Waals surface area (Å²) in [5, 5.41) is 18.2. The summed E-state index contributed by atoms with van der Waals surface area (Å²) in [7, 11) is 0. The minimum absolute atomic E-state index is 0.522. The van der Waals surface area contributed by atoms with Crippen molar-refractivity contribution in [3.8, 4) is 0 Å². The summed E-state index contributed by atoms with van der Waals surface area (Å²) in [6.45, 7) is 6.30. The Morgan fingerprint density at radius 3 is 2.60 bits per heavy atom. The SMILES string of the molecule is CCN(c1ccc([N+]#N)c(C)c1)C(C)O. The topological polar surface area (TPSA) is 51.6 Å². The fourth-order valence-corrected chi connectivity index (χ4v) is 1.59. The Kier molecular flexibility index (Phi) is 3.64. The number of rotatable bonds is 3. The molecule has 1 rings (SSSR count). The maximum absolute atomic E-state index is 9.54. The zero-order chi connectivity index (χ0) is 11.4. The molecule has 0 bridgehead atoms. The molecule has 0 saturated carbocycles. The second-order valence-electron chi connectivity index (χ2n) is 3.49. The standard InChI is InChI=1S/C11H16N3O/c1-4-14(9(3)15)10-5-6-11(13-12)8(2)7-10/h5-7,9,15H,4H2,1-3H3/q+1. The van der Waals surface area contributed by atoms with Crippen LogP contribution in [0.2, 0.25) is 0 Å². The first-order chi connectivity index (χ1) is 7.10. The summed E-state index contributed by atoms with van der Waals surface area (Å²) in [5.41, 5.74) is 2.37. The number of aryl methyl sites for hydroxylation is 1. The average Bonchev–Trinajstić information content (AvgIpc) is 2.18. The lowest BCUT2D eigenvalue weighted by Gasteiger charge is -2.26. The Morgan fingerprint density at radius 1 is 1.53 bits per heavy atom. The normalized spacial score (nSPS) is 11.9. The summed E-state index contributed by atoms with van der Waals surface area (Å²) in [6.07, 6.45) is -0.522. The molecule has 1 aromatic rings. The van der Waals surface area contributed by atoms with E-state index in [-0.39, 0.29) is 0 Å². The highest BCUT2D eigenvalue weighted by atomic mass is 16.3. The van der Waals surface area contributed by atoms with Crippen LogP contribution in [0.4, 0.5) is 11.4 Å². The van der Waals surface area contributed by atoms with E-state index < -0.39 is 6.23 Å². The van der Waals surface area contributed by atoms with Crippen molar-refractivity contribution in [3.05, 3.63) is 28.7 Å². The van der Waals surface area contributed by atoms with Gasteiger partial charge in [0.05, 0.1) is 0 Å². The minimum atomic E-state index is -0.522.